The van der Waals surface area contributed by atoms with Crippen molar-refractivity contribution in [1.29, 1.82) is 0 Å². The van der Waals surface area contributed by atoms with E-state index in [1.165, 1.54) is 24.3 Å². The smallest absolute Gasteiger partial charge is 0.261 e. The molecule has 0 bridgehead atoms. The summed E-state index contributed by atoms with van der Waals surface area (Å²) in [7, 11) is -3.75. The normalized spacial score (nSPS) is 15.6. The summed E-state index contributed by atoms with van der Waals surface area (Å²) >= 11 is 5.81. The molecule has 0 aliphatic carbocycles. The molecule has 2 aromatic rings. The Hall–Kier alpha value is -2.09. The zero-order valence-electron chi connectivity index (χ0n) is 15.1. The molecule has 0 spiro atoms. The summed E-state index contributed by atoms with van der Waals surface area (Å²) in [6, 6.07) is 12.5. The van der Waals surface area contributed by atoms with Gasteiger partial charge in [0, 0.05) is 42.5 Å². The summed E-state index contributed by atoms with van der Waals surface area (Å²) in [6.07, 6.45) is 0. The van der Waals surface area contributed by atoms with Crippen molar-refractivity contribution >= 4 is 33.2 Å². The number of nitrogens with zero attached hydrogens (tertiary/aromatic N) is 2. The minimum atomic E-state index is -3.75. The van der Waals surface area contributed by atoms with E-state index in [1.54, 1.807) is 29.2 Å². The third-order valence-corrected chi connectivity index (χ3v) is 6.24. The second kappa shape index (κ2) is 8.29. The van der Waals surface area contributed by atoms with E-state index in [2.05, 4.69) is 16.5 Å². The summed E-state index contributed by atoms with van der Waals surface area (Å²) in [5.41, 5.74) is 0.819. The molecule has 1 heterocycles. The lowest BCUT2D eigenvalue weighted by atomic mass is 10.1. The van der Waals surface area contributed by atoms with Crippen LogP contribution in [0, 0.1) is 0 Å². The highest BCUT2D eigenvalue weighted by atomic mass is 35.5. The minimum absolute atomic E-state index is 0.0849. The van der Waals surface area contributed by atoms with Crippen molar-refractivity contribution < 1.29 is 13.2 Å². The van der Waals surface area contributed by atoms with Crippen molar-refractivity contribution in [2.24, 2.45) is 0 Å². The molecule has 3 rings (SSSR count). The lowest BCUT2D eigenvalue weighted by molar-refractivity contribution is 0.0643. The van der Waals surface area contributed by atoms with E-state index in [0.717, 1.165) is 19.6 Å². The molecule has 8 heteroatoms. The molecule has 0 radical (unpaired) electrons. The molecule has 1 aliphatic heterocycles. The fourth-order valence-corrected chi connectivity index (χ4v) is 4.17. The molecule has 0 saturated carbocycles. The maximum atomic E-state index is 12.7. The van der Waals surface area contributed by atoms with Gasteiger partial charge in [0.25, 0.3) is 15.9 Å². The van der Waals surface area contributed by atoms with Crippen molar-refractivity contribution in [3.05, 3.63) is 59.1 Å². The van der Waals surface area contributed by atoms with Crippen LogP contribution in [0.3, 0.4) is 0 Å². The van der Waals surface area contributed by atoms with Crippen LogP contribution in [0.2, 0.25) is 5.02 Å². The largest absolute Gasteiger partial charge is 0.336 e. The van der Waals surface area contributed by atoms with Gasteiger partial charge in [-0.15, -0.1) is 0 Å². The van der Waals surface area contributed by atoms with E-state index in [1.807, 2.05) is 0 Å². The van der Waals surface area contributed by atoms with Gasteiger partial charge >= 0.3 is 0 Å². The highest BCUT2D eigenvalue weighted by molar-refractivity contribution is 7.92. The molecule has 0 atom stereocenters. The van der Waals surface area contributed by atoms with Crippen LogP contribution < -0.4 is 4.72 Å². The predicted octanol–water partition coefficient (Wildman–Crippen LogP) is 2.92. The van der Waals surface area contributed by atoms with Gasteiger partial charge in [-0.3, -0.25) is 9.52 Å². The second-order valence-corrected chi connectivity index (χ2v) is 8.49. The lowest BCUT2D eigenvalue weighted by Crippen LogP contribution is -2.48. The first-order chi connectivity index (χ1) is 12.9. The summed E-state index contributed by atoms with van der Waals surface area (Å²) < 4.78 is 27.5. The number of halogens is 1. The summed E-state index contributed by atoms with van der Waals surface area (Å²) in [5.74, 6) is -0.0849. The zero-order chi connectivity index (χ0) is 19.4. The highest BCUT2D eigenvalue weighted by Gasteiger charge is 2.22. The molecular formula is C19H22ClN3O3S. The Balaban J connectivity index is 1.73. The molecule has 144 valence electrons. The van der Waals surface area contributed by atoms with Gasteiger partial charge in [0.05, 0.1) is 4.90 Å². The molecule has 27 heavy (non-hydrogen) atoms. The van der Waals surface area contributed by atoms with E-state index in [-0.39, 0.29) is 10.8 Å². The number of carbonyl (C=O) groups excluding carboxylic acids is 1. The Morgan fingerprint density at radius 1 is 1.07 bits per heavy atom. The van der Waals surface area contributed by atoms with E-state index in [9.17, 15) is 13.2 Å². The molecule has 1 N–H and O–H groups in total. The molecule has 0 aromatic heterocycles. The number of piperazine rings is 1. The van der Waals surface area contributed by atoms with Gasteiger partial charge in [-0.1, -0.05) is 24.6 Å². The first kappa shape index (κ1) is 19.7. The molecule has 1 aliphatic rings. The van der Waals surface area contributed by atoms with Crippen molar-refractivity contribution in [1.82, 2.24) is 9.80 Å². The monoisotopic (exact) mass is 407 g/mol. The maximum absolute atomic E-state index is 12.7. The van der Waals surface area contributed by atoms with Crippen LogP contribution in [0.1, 0.15) is 17.3 Å². The average molecular weight is 408 g/mol. The number of benzene rings is 2. The Labute approximate surface area is 164 Å². The van der Waals surface area contributed by atoms with Crippen molar-refractivity contribution in [3.8, 4) is 0 Å². The predicted molar refractivity (Wildman–Crippen MR) is 107 cm³/mol. The molecule has 1 saturated heterocycles. The van der Waals surface area contributed by atoms with E-state index in [4.69, 9.17) is 11.6 Å². The van der Waals surface area contributed by atoms with Gasteiger partial charge in [0.1, 0.15) is 0 Å². The average Bonchev–Trinajstić information content (AvgIpc) is 2.67. The summed E-state index contributed by atoms with van der Waals surface area (Å²) in [5, 5.41) is 0.463. The SMILES string of the molecule is CCN1CCN(C(=O)c2cccc(NS(=O)(=O)c3ccc(Cl)cc3)c2)CC1. The Bertz CT molecular complexity index is 908. The van der Waals surface area contributed by atoms with Crippen molar-refractivity contribution in [2.45, 2.75) is 11.8 Å². The molecule has 2 aromatic carbocycles. The van der Waals surface area contributed by atoms with Gasteiger partial charge in [-0.05, 0) is 49.0 Å². The van der Waals surface area contributed by atoms with Crippen molar-refractivity contribution in [2.75, 3.05) is 37.4 Å². The molecule has 6 nitrogen and oxygen atoms in total. The first-order valence-corrected chi connectivity index (χ1v) is 10.7. The van der Waals surface area contributed by atoms with Crippen LogP contribution in [-0.4, -0.2) is 56.8 Å². The van der Waals surface area contributed by atoms with Crippen LogP contribution in [0.4, 0.5) is 5.69 Å². The second-order valence-electron chi connectivity index (χ2n) is 6.37. The number of anilines is 1. The Kier molecular flexibility index (Phi) is 6.04. The van der Waals surface area contributed by atoms with Gasteiger partial charge < -0.3 is 9.80 Å². The summed E-state index contributed by atoms with van der Waals surface area (Å²) in [4.78, 5) is 16.9. The number of amides is 1. The summed E-state index contributed by atoms with van der Waals surface area (Å²) in [6.45, 7) is 6.13. The van der Waals surface area contributed by atoms with Gasteiger partial charge in [0.15, 0.2) is 0 Å². The van der Waals surface area contributed by atoms with Crippen LogP contribution in [0.5, 0.6) is 0 Å². The fraction of sp³-hybridized carbons (Fsp3) is 0.316. The zero-order valence-corrected chi connectivity index (χ0v) is 16.6. The number of hydrogen-bond acceptors (Lipinski definition) is 4. The van der Waals surface area contributed by atoms with Gasteiger partial charge in [0.2, 0.25) is 0 Å². The molecule has 0 unspecified atom stereocenters. The van der Waals surface area contributed by atoms with Crippen molar-refractivity contribution in [3.63, 3.8) is 0 Å². The fourth-order valence-electron chi connectivity index (χ4n) is 2.99. The quantitative estimate of drug-likeness (QED) is 0.827. The Morgan fingerprint density at radius 3 is 2.37 bits per heavy atom. The van der Waals surface area contributed by atoms with Crippen LogP contribution in [0.15, 0.2) is 53.4 Å². The third kappa shape index (κ3) is 4.80. The third-order valence-electron chi connectivity index (χ3n) is 4.59. The number of sulfonamides is 1. The number of likely N-dealkylation sites (N-methyl/N-ethyl adjacent to an activating group) is 1. The number of rotatable bonds is 5. The standard InChI is InChI=1S/C19H22ClN3O3S/c1-2-22-10-12-23(13-11-22)19(24)15-4-3-5-17(14-15)21-27(25,26)18-8-6-16(20)7-9-18/h3-9,14,21H,2,10-13H2,1H3. The van der Waals surface area contributed by atoms with E-state index < -0.39 is 10.0 Å². The number of carbonyl (C=O) groups is 1. The lowest BCUT2D eigenvalue weighted by Gasteiger charge is -2.34. The highest BCUT2D eigenvalue weighted by Crippen LogP contribution is 2.20. The van der Waals surface area contributed by atoms with Crippen LogP contribution >= 0.6 is 11.6 Å². The minimum Gasteiger partial charge on any atom is -0.336 e. The van der Waals surface area contributed by atoms with Gasteiger partial charge in [-0.2, -0.15) is 0 Å². The molecule has 1 amide bonds. The number of hydrogen-bond donors (Lipinski definition) is 1. The molecular weight excluding hydrogens is 386 g/mol. The van der Waals surface area contributed by atoms with Crippen LogP contribution in [-0.2, 0) is 10.0 Å². The van der Waals surface area contributed by atoms with E-state index >= 15 is 0 Å². The first-order valence-electron chi connectivity index (χ1n) is 8.79. The topological polar surface area (TPSA) is 69.7 Å². The maximum Gasteiger partial charge on any atom is 0.261 e. The van der Waals surface area contributed by atoms with E-state index in [0.29, 0.717) is 29.4 Å². The number of nitrogens with one attached hydrogen (secondary N) is 1. The van der Waals surface area contributed by atoms with Crippen LogP contribution in [0.25, 0.3) is 0 Å². The van der Waals surface area contributed by atoms with Gasteiger partial charge in [-0.25, -0.2) is 8.42 Å². The Morgan fingerprint density at radius 2 is 1.74 bits per heavy atom. The molecule has 1 fully saturated rings.